The molecule has 8 heteroatoms. The summed E-state index contributed by atoms with van der Waals surface area (Å²) in [4.78, 5) is 24.7. The number of aliphatic hydroxyl groups is 1. The molecule has 1 aromatic rings. The minimum atomic E-state index is -2.24. The molecule has 0 aromatic heterocycles. The van der Waals surface area contributed by atoms with Crippen molar-refractivity contribution in [3.8, 4) is 0 Å². The van der Waals surface area contributed by atoms with Gasteiger partial charge in [0.2, 0.25) is 0 Å². The van der Waals surface area contributed by atoms with Crippen LogP contribution >= 0.6 is 0 Å². The lowest BCUT2D eigenvalue weighted by Gasteiger charge is -2.39. The summed E-state index contributed by atoms with van der Waals surface area (Å²) in [6.45, 7) is 4.71. The third-order valence-electron chi connectivity index (χ3n) is 3.94. The second-order valence-corrected chi connectivity index (χ2v) is 7.02. The summed E-state index contributed by atoms with van der Waals surface area (Å²) in [5, 5.41) is 12.1. The highest BCUT2D eigenvalue weighted by Gasteiger charge is 2.51. The van der Waals surface area contributed by atoms with E-state index >= 15 is 0 Å². The molecule has 138 valence electrons. The van der Waals surface area contributed by atoms with Gasteiger partial charge in [-0.3, -0.25) is 4.79 Å². The van der Waals surface area contributed by atoms with Gasteiger partial charge in [0.25, 0.3) is 0 Å². The van der Waals surface area contributed by atoms with Gasteiger partial charge in [-0.15, -0.1) is 0 Å². The highest BCUT2D eigenvalue weighted by atomic mass is 19.2. The van der Waals surface area contributed by atoms with Gasteiger partial charge >= 0.3 is 6.09 Å². The van der Waals surface area contributed by atoms with Gasteiger partial charge in [0.15, 0.2) is 17.4 Å². The summed E-state index contributed by atoms with van der Waals surface area (Å²) < 4.78 is 47.4. The molecule has 1 aliphatic rings. The number of amides is 1. The fourth-order valence-electron chi connectivity index (χ4n) is 2.93. The van der Waals surface area contributed by atoms with E-state index in [1.54, 1.807) is 20.8 Å². The number of ketones is 1. The maximum Gasteiger partial charge on any atom is 0.408 e. The smallest absolute Gasteiger partial charge is 0.408 e. The molecule has 2 N–H and O–H groups in total. The Bertz CT molecular complexity index is 702. The zero-order valence-corrected chi connectivity index (χ0v) is 14.2. The van der Waals surface area contributed by atoms with Crippen LogP contribution in [0.1, 0.15) is 45.6 Å². The van der Waals surface area contributed by atoms with Crippen LogP contribution in [-0.4, -0.2) is 28.7 Å². The molecule has 0 saturated heterocycles. The van der Waals surface area contributed by atoms with Crippen LogP contribution in [0.15, 0.2) is 12.1 Å². The molecule has 1 fully saturated rings. The highest BCUT2D eigenvalue weighted by molar-refractivity contribution is 5.96. The third-order valence-corrected chi connectivity index (χ3v) is 3.94. The van der Waals surface area contributed by atoms with Crippen LogP contribution < -0.4 is 5.32 Å². The van der Waals surface area contributed by atoms with Gasteiger partial charge in [-0.25, -0.2) is 18.0 Å². The van der Waals surface area contributed by atoms with Gasteiger partial charge in [0.05, 0.1) is 5.56 Å². The molecule has 0 aliphatic heterocycles. The summed E-state index contributed by atoms with van der Waals surface area (Å²) in [5.74, 6) is -5.15. The van der Waals surface area contributed by atoms with Gasteiger partial charge in [-0.2, -0.15) is 0 Å². The van der Waals surface area contributed by atoms with Crippen molar-refractivity contribution < 1.29 is 32.6 Å². The Hall–Kier alpha value is -2.09. The fraction of sp³-hybridized carbons (Fsp3) is 0.529. The first kappa shape index (κ1) is 19.2. The summed E-state index contributed by atoms with van der Waals surface area (Å²) in [5.41, 5.74) is -4.10. The molecular formula is C17H20F3NO4. The van der Waals surface area contributed by atoms with Crippen molar-refractivity contribution in [3.63, 3.8) is 0 Å². The van der Waals surface area contributed by atoms with Crippen molar-refractivity contribution >= 4 is 11.9 Å². The SMILES string of the molecule is CC(C)(C)OC(=O)NC1(c2c(F)ccc(F)c2F)CCCC(O)C1=O. The number of benzene rings is 1. The number of hydrogen-bond donors (Lipinski definition) is 2. The van der Waals surface area contributed by atoms with Crippen molar-refractivity contribution in [1.82, 2.24) is 5.32 Å². The molecule has 2 atom stereocenters. The summed E-state index contributed by atoms with van der Waals surface area (Å²) in [7, 11) is 0. The van der Waals surface area contributed by atoms with Crippen LogP contribution in [0.3, 0.4) is 0 Å². The number of ether oxygens (including phenoxy) is 1. The van der Waals surface area contributed by atoms with Crippen molar-refractivity contribution in [2.24, 2.45) is 0 Å². The lowest BCUT2D eigenvalue weighted by molar-refractivity contribution is -0.138. The molecule has 1 aromatic carbocycles. The molecule has 0 heterocycles. The molecule has 0 bridgehead atoms. The summed E-state index contributed by atoms with van der Waals surface area (Å²) in [6, 6.07) is 1.25. The van der Waals surface area contributed by atoms with Gasteiger partial charge in [0, 0.05) is 0 Å². The topological polar surface area (TPSA) is 75.6 Å². The monoisotopic (exact) mass is 359 g/mol. The lowest BCUT2D eigenvalue weighted by Crippen LogP contribution is -2.59. The average Bonchev–Trinajstić information content (AvgIpc) is 2.47. The molecule has 5 nitrogen and oxygen atoms in total. The van der Waals surface area contributed by atoms with E-state index in [2.05, 4.69) is 5.32 Å². The number of halogens is 3. The van der Waals surface area contributed by atoms with Gasteiger partial charge in [0.1, 0.15) is 23.1 Å². The van der Waals surface area contributed by atoms with Crippen molar-refractivity contribution in [2.45, 2.75) is 57.3 Å². The Morgan fingerprint density at radius 2 is 1.88 bits per heavy atom. The minimum absolute atomic E-state index is 0.0785. The maximum atomic E-state index is 14.3. The van der Waals surface area contributed by atoms with Gasteiger partial charge < -0.3 is 15.2 Å². The van der Waals surface area contributed by atoms with E-state index in [0.717, 1.165) is 0 Å². The summed E-state index contributed by atoms with van der Waals surface area (Å²) >= 11 is 0. The van der Waals surface area contributed by atoms with Crippen molar-refractivity contribution in [2.75, 3.05) is 0 Å². The number of aliphatic hydroxyl groups excluding tert-OH is 1. The molecular weight excluding hydrogens is 339 g/mol. The Kier molecular flexibility index (Phi) is 5.13. The summed E-state index contributed by atoms with van der Waals surface area (Å²) in [6.07, 6.45) is -2.56. The van der Waals surface area contributed by atoms with E-state index in [-0.39, 0.29) is 19.3 Å². The second-order valence-electron chi connectivity index (χ2n) is 7.02. The molecule has 1 amide bonds. The molecule has 0 spiro atoms. The van der Waals surface area contributed by atoms with Crippen LogP contribution in [0, 0.1) is 17.5 Å². The number of carbonyl (C=O) groups is 2. The number of carbonyl (C=O) groups excluding carboxylic acids is 2. The van der Waals surface area contributed by atoms with Crippen LogP contribution in [0.25, 0.3) is 0 Å². The number of nitrogens with one attached hydrogen (secondary N) is 1. The van der Waals surface area contributed by atoms with E-state index in [1.807, 2.05) is 0 Å². The Labute approximate surface area is 143 Å². The normalized spacial score (nSPS) is 24.1. The van der Waals surface area contributed by atoms with E-state index in [1.165, 1.54) is 0 Å². The zero-order valence-electron chi connectivity index (χ0n) is 14.2. The Morgan fingerprint density at radius 3 is 2.48 bits per heavy atom. The highest BCUT2D eigenvalue weighted by Crippen LogP contribution is 2.38. The quantitative estimate of drug-likeness (QED) is 0.796. The molecule has 2 unspecified atom stereocenters. The molecule has 2 rings (SSSR count). The largest absolute Gasteiger partial charge is 0.444 e. The van der Waals surface area contributed by atoms with Gasteiger partial charge in [-0.05, 0) is 52.2 Å². The van der Waals surface area contributed by atoms with Gasteiger partial charge in [-0.1, -0.05) is 0 Å². The molecule has 0 radical (unpaired) electrons. The van der Waals surface area contributed by atoms with E-state index in [9.17, 15) is 27.9 Å². The molecule has 25 heavy (non-hydrogen) atoms. The van der Waals surface area contributed by atoms with E-state index < -0.39 is 52.1 Å². The average molecular weight is 359 g/mol. The van der Waals surface area contributed by atoms with Crippen molar-refractivity contribution in [3.05, 3.63) is 35.1 Å². The van der Waals surface area contributed by atoms with Crippen LogP contribution in [0.2, 0.25) is 0 Å². The van der Waals surface area contributed by atoms with Crippen LogP contribution in [-0.2, 0) is 15.1 Å². The standard InChI is InChI=1S/C17H20F3NO4/c1-16(2,3)25-15(24)21-17(8-4-5-11(22)14(17)23)12-9(18)6-7-10(19)13(12)20/h6-7,11,22H,4-5,8H2,1-3H3,(H,21,24). The Balaban J connectivity index is 2.57. The minimum Gasteiger partial charge on any atom is -0.444 e. The first-order chi connectivity index (χ1) is 11.5. The van der Waals surface area contributed by atoms with Crippen molar-refractivity contribution in [1.29, 1.82) is 0 Å². The maximum absolute atomic E-state index is 14.3. The number of rotatable bonds is 2. The predicted molar refractivity (Wildman–Crippen MR) is 82.2 cm³/mol. The number of hydrogen-bond acceptors (Lipinski definition) is 4. The van der Waals surface area contributed by atoms with Crippen LogP contribution in [0.4, 0.5) is 18.0 Å². The lowest BCUT2D eigenvalue weighted by atomic mass is 9.73. The van der Waals surface area contributed by atoms with E-state index in [4.69, 9.17) is 4.74 Å². The zero-order chi connectivity index (χ0) is 19.0. The second kappa shape index (κ2) is 6.67. The van der Waals surface area contributed by atoms with E-state index in [0.29, 0.717) is 12.1 Å². The number of alkyl carbamates (subject to hydrolysis) is 1. The first-order valence-corrected chi connectivity index (χ1v) is 7.85. The predicted octanol–water partition coefficient (Wildman–Crippen LogP) is 2.94. The van der Waals surface area contributed by atoms with Crippen LogP contribution in [0.5, 0.6) is 0 Å². The Morgan fingerprint density at radius 1 is 1.28 bits per heavy atom. The fourth-order valence-corrected chi connectivity index (χ4v) is 2.93. The first-order valence-electron chi connectivity index (χ1n) is 7.85. The number of Topliss-reactive ketones (excluding diaryl/α,β-unsaturated/α-hetero) is 1. The third kappa shape index (κ3) is 3.78. The molecule has 1 aliphatic carbocycles. The molecule has 1 saturated carbocycles.